The van der Waals surface area contributed by atoms with Crippen LogP contribution in [0.3, 0.4) is 0 Å². The van der Waals surface area contributed by atoms with Gasteiger partial charge in [-0.2, -0.15) is 0 Å². The second-order valence-corrected chi connectivity index (χ2v) is 6.73. The molecule has 0 heterocycles. The standard InChI is InChI=1S/C21H19BrN2O2/c1-15-13-16(22)7-12-20(15)26-14-21(25)24-19-10-8-18(9-11-19)23-17-5-3-2-4-6-17/h2-13,23H,14H2,1H3,(H,24,25). The molecule has 0 atom stereocenters. The normalized spacial score (nSPS) is 10.2. The van der Waals surface area contributed by atoms with Crippen LogP contribution < -0.4 is 15.4 Å². The number of hydrogen-bond donors (Lipinski definition) is 2. The minimum atomic E-state index is -0.198. The van der Waals surface area contributed by atoms with Gasteiger partial charge in [0.2, 0.25) is 0 Å². The molecule has 132 valence electrons. The van der Waals surface area contributed by atoms with Gasteiger partial charge in [0.25, 0.3) is 5.91 Å². The average molecular weight is 411 g/mol. The van der Waals surface area contributed by atoms with E-state index in [2.05, 4.69) is 26.6 Å². The van der Waals surface area contributed by atoms with Crippen molar-refractivity contribution in [2.45, 2.75) is 6.92 Å². The highest BCUT2D eigenvalue weighted by Crippen LogP contribution is 2.22. The van der Waals surface area contributed by atoms with Crippen molar-refractivity contribution in [2.24, 2.45) is 0 Å². The van der Waals surface area contributed by atoms with Gasteiger partial charge in [0.1, 0.15) is 5.75 Å². The zero-order chi connectivity index (χ0) is 18.4. The third-order valence-corrected chi connectivity index (χ3v) is 4.22. The summed E-state index contributed by atoms with van der Waals surface area (Å²) in [5.41, 5.74) is 3.67. The first kappa shape index (κ1) is 18.0. The predicted octanol–water partition coefficient (Wildman–Crippen LogP) is 5.52. The fraction of sp³-hybridized carbons (Fsp3) is 0.0952. The second-order valence-electron chi connectivity index (χ2n) is 5.82. The number of carbonyl (C=O) groups is 1. The first-order valence-electron chi connectivity index (χ1n) is 8.21. The molecule has 0 aliphatic carbocycles. The Labute approximate surface area is 161 Å². The van der Waals surface area contributed by atoms with Gasteiger partial charge in [-0.25, -0.2) is 0 Å². The van der Waals surface area contributed by atoms with E-state index in [1.807, 2.05) is 79.7 Å². The van der Waals surface area contributed by atoms with Crippen LogP contribution in [0.25, 0.3) is 0 Å². The molecule has 0 aliphatic rings. The Bertz CT molecular complexity index is 880. The Kier molecular flexibility index (Phi) is 5.92. The number of benzene rings is 3. The summed E-state index contributed by atoms with van der Waals surface area (Å²) >= 11 is 3.41. The summed E-state index contributed by atoms with van der Waals surface area (Å²) in [6, 6.07) is 23.2. The molecule has 5 heteroatoms. The topological polar surface area (TPSA) is 50.4 Å². The van der Waals surface area contributed by atoms with Gasteiger partial charge in [0.05, 0.1) is 0 Å². The number of rotatable bonds is 6. The number of ether oxygens (including phenoxy) is 1. The lowest BCUT2D eigenvalue weighted by atomic mass is 10.2. The number of carbonyl (C=O) groups excluding carboxylic acids is 1. The molecule has 3 aromatic carbocycles. The maximum Gasteiger partial charge on any atom is 0.262 e. The number of aryl methyl sites for hydroxylation is 1. The SMILES string of the molecule is Cc1cc(Br)ccc1OCC(=O)Nc1ccc(Nc2ccccc2)cc1. The van der Waals surface area contributed by atoms with E-state index < -0.39 is 0 Å². The van der Waals surface area contributed by atoms with E-state index in [4.69, 9.17) is 4.74 Å². The molecule has 0 aromatic heterocycles. The van der Waals surface area contributed by atoms with Crippen molar-refractivity contribution in [3.63, 3.8) is 0 Å². The molecule has 0 aliphatic heterocycles. The molecule has 0 fully saturated rings. The van der Waals surface area contributed by atoms with E-state index in [1.165, 1.54) is 0 Å². The van der Waals surface area contributed by atoms with Crippen LogP contribution >= 0.6 is 15.9 Å². The molecule has 2 N–H and O–H groups in total. The van der Waals surface area contributed by atoms with E-state index in [0.717, 1.165) is 27.1 Å². The lowest BCUT2D eigenvalue weighted by molar-refractivity contribution is -0.118. The van der Waals surface area contributed by atoms with E-state index >= 15 is 0 Å². The molecule has 3 aromatic rings. The molecule has 0 saturated heterocycles. The highest BCUT2D eigenvalue weighted by Gasteiger charge is 2.06. The molecule has 0 saturated carbocycles. The van der Waals surface area contributed by atoms with Crippen LogP contribution in [0.2, 0.25) is 0 Å². The molecule has 4 nitrogen and oxygen atoms in total. The number of amides is 1. The number of anilines is 3. The van der Waals surface area contributed by atoms with Crippen LogP contribution in [-0.2, 0) is 4.79 Å². The first-order chi connectivity index (χ1) is 12.6. The maximum absolute atomic E-state index is 12.1. The Morgan fingerprint density at radius 2 is 1.58 bits per heavy atom. The van der Waals surface area contributed by atoms with Gasteiger partial charge >= 0.3 is 0 Å². The van der Waals surface area contributed by atoms with Crippen molar-refractivity contribution in [2.75, 3.05) is 17.2 Å². The minimum absolute atomic E-state index is 0.0352. The summed E-state index contributed by atoms with van der Waals surface area (Å²) in [5.74, 6) is 0.502. The van der Waals surface area contributed by atoms with Crippen LogP contribution in [0.15, 0.2) is 77.3 Å². The summed E-state index contributed by atoms with van der Waals surface area (Å²) in [6.07, 6.45) is 0. The quantitative estimate of drug-likeness (QED) is 0.562. The molecule has 1 amide bonds. The van der Waals surface area contributed by atoms with Crippen LogP contribution in [0.4, 0.5) is 17.1 Å². The van der Waals surface area contributed by atoms with E-state index in [9.17, 15) is 4.79 Å². The lowest BCUT2D eigenvalue weighted by Gasteiger charge is -2.11. The smallest absolute Gasteiger partial charge is 0.262 e. The predicted molar refractivity (Wildman–Crippen MR) is 109 cm³/mol. The Balaban J connectivity index is 1.52. The number of halogens is 1. The molecule has 3 rings (SSSR count). The van der Waals surface area contributed by atoms with Gasteiger partial charge in [-0.3, -0.25) is 4.79 Å². The fourth-order valence-corrected chi connectivity index (χ4v) is 2.92. The highest BCUT2D eigenvalue weighted by molar-refractivity contribution is 9.10. The third kappa shape index (κ3) is 5.10. The van der Waals surface area contributed by atoms with Crippen molar-refractivity contribution in [3.8, 4) is 5.75 Å². The molecule has 26 heavy (non-hydrogen) atoms. The molecule has 0 unspecified atom stereocenters. The van der Waals surface area contributed by atoms with Crippen molar-refractivity contribution in [1.29, 1.82) is 0 Å². The van der Waals surface area contributed by atoms with E-state index in [0.29, 0.717) is 5.75 Å². The van der Waals surface area contributed by atoms with Crippen molar-refractivity contribution >= 4 is 38.9 Å². The average Bonchev–Trinajstić information content (AvgIpc) is 2.63. The summed E-state index contributed by atoms with van der Waals surface area (Å²) < 4.78 is 6.57. The van der Waals surface area contributed by atoms with Gasteiger partial charge in [0.15, 0.2) is 6.61 Å². The summed E-state index contributed by atoms with van der Waals surface area (Å²) in [5, 5.41) is 6.13. The second kappa shape index (κ2) is 8.54. The van der Waals surface area contributed by atoms with Gasteiger partial charge in [-0.05, 0) is 67.1 Å². The van der Waals surface area contributed by atoms with Gasteiger partial charge in [-0.15, -0.1) is 0 Å². The molecule has 0 spiro atoms. The molecule has 0 radical (unpaired) electrons. The van der Waals surface area contributed by atoms with Crippen molar-refractivity contribution in [3.05, 3.63) is 82.8 Å². The van der Waals surface area contributed by atoms with Crippen LogP contribution in [-0.4, -0.2) is 12.5 Å². The van der Waals surface area contributed by atoms with Crippen molar-refractivity contribution < 1.29 is 9.53 Å². The van der Waals surface area contributed by atoms with Crippen LogP contribution in [0.1, 0.15) is 5.56 Å². The van der Waals surface area contributed by atoms with Crippen molar-refractivity contribution in [1.82, 2.24) is 0 Å². The van der Waals surface area contributed by atoms with Gasteiger partial charge in [-0.1, -0.05) is 34.1 Å². The maximum atomic E-state index is 12.1. The summed E-state index contributed by atoms with van der Waals surface area (Å²) in [6.45, 7) is 1.91. The van der Waals surface area contributed by atoms with Crippen LogP contribution in [0.5, 0.6) is 5.75 Å². The molecular formula is C21H19BrN2O2. The first-order valence-corrected chi connectivity index (χ1v) is 9.00. The number of para-hydroxylation sites is 1. The number of nitrogens with one attached hydrogen (secondary N) is 2. The van der Waals surface area contributed by atoms with Gasteiger partial charge in [0, 0.05) is 21.5 Å². The highest BCUT2D eigenvalue weighted by atomic mass is 79.9. The van der Waals surface area contributed by atoms with E-state index in [1.54, 1.807) is 0 Å². The monoisotopic (exact) mass is 410 g/mol. The zero-order valence-electron chi connectivity index (χ0n) is 14.3. The minimum Gasteiger partial charge on any atom is -0.483 e. The molecule has 0 bridgehead atoms. The van der Waals surface area contributed by atoms with Crippen LogP contribution in [0, 0.1) is 6.92 Å². The largest absolute Gasteiger partial charge is 0.483 e. The summed E-state index contributed by atoms with van der Waals surface area (Å²) in [4.78, 5) is 12.1. The fourth-order valence-electron chi connectivity index (χ4n) is 2.44. The third-order valence-electron chi connectivity index (χ3n) is 3.73. The van der Waals surface area contributed by atoms with E-state index in [-0.39, 0.29) is 12.5 Å². The van der Waals surface area contributed by atoms with Gasteiger partial charge < -0.3 is 15.4 Å². The lowest BCUT2D eigenvalue weighted by Crippen LogP contribution is -2.20. The molecular weight excluding hydrogens is 392 g/mol. The summed E-state index contributed by atoms with van der Waals surface area (Å²) in [7, 11) is 0. The zero-order valence-corrected chi connectivity index (χ0v) is 15.9. The Morgan fingerprint density at radius 3 is 2.27 bits per heavy atom. The Morgan fingerprint density at radius 1 is 0.923 bits per heavy atom. The Hall–Kier alpha value is -2.79. The number of hydrogen-bond acceptors (Lipinski definition) is 3.